The summed E-state index contributed by atoms with van der Waals surface area (Å²) in [4.78, 5) is 0.420. The molecule has 133 valence electrons. The lowest BCUT2D eigenvalue weighted by atomic mass is 9.88. The Morgan fingerprint density at radius 3 is 2.64 bits per heavy atom. The monoisotopic (exact) mass is 356 g/mol. The lowest BCUT2D eigenvalue weighted by Gasteiger charge is -2.35. The predicted octanol–water partition coefficient (Wildman–Crippen LogP) is 4.29. The third-order valence-electron chi connectivity index (χ3n) is 5.24. The van der Waals surface area contributed by atoms with Gasteiger partial charge < -0.3 is 0 Å². The van der Waals surface area contributed by atoms with E-state index in [1.165, 1.54) is 0 Å². The van der Waals surface area contributed by atoms with Crippen molar-refractivity contribution in [2.75, 3.05) is 5.75 Å². The van der Waals surface area contributed by atoms with Crippen LogP contribution in [0.15, 0.2) is 53.4 Å². The molecular weight excluding hydrogens is 330 g/mol. The molecule has 0 unspecified atom stereocenters. The molecule has 0 spiro atoms. The zero-order valence-electron chi connectivity index (χ0n) is 15.0. The minimum atomic E-state index is -3.36. The Balaban J connectivity index is 2.17. The number of fused-ring (bicyclic) bond motifs is 1. The smallest absolute Gasteiger partial charge is 0.180 e. The molecule has 2 atom stereocenters. The maximum absolute atomic E-state index is 13.1. The van der Waals surface area contributed by atoms with Crippen LogP contribution in [0.1, 0.15) is 56.7 Å². The summed E-state index contributed by atoms with van der Waals surface area (Å²) in [5, 5.41) is 3.75. The van der Waals surface area contributed by atoms with E-state index in [-0.39, 0.29) is 11.8 Å². The molecule has 3 rings (SSSR count). The van der Waals surface area contributed by atoms with Gasteiger partial charge in [-0.05, 0) is 36.1 Å². The van der Waals surface area contributed by atoms with Crippen LogP contribution < -0.4 is 5.32 Å². The summed E-state index contributed by atoms with van der Waals surface area (Å²) < 4.78 is 26.3. The molecule has 0 fully saturated rings. The van der Waals surface area contributed by atoms with Crippen LogP contribution in [0.5, 0.6) is 0 Å². The van der Waals surface area contributed by atoms with Crippen molar-refractivity contribution in [1.29, 1.82) is 0 Å². The van der Waals surface area contributed by atoms with E-state index in [1.54, 1.807) is 12.1 Å². The predicted molar refractivity (Wildman–Crippen MR) is 101 cm³/mol. The fraction of sp³-hybridized carbons (Fsp3) is 0.429. The highest BCUT2D eigenvalue weighted by molar-refractivity contribution is 7.91. The van der Waals surface area contributed by atoms with Gasteiger partial charge >= 0.3 is 0 Å². The first-order valence-electron chi connectivity index (χ1n) is 9.07. The summed E-state index contributed by atoms with van der Waals surface area (Å²) in [6.45, 7) is 4.23. The van der Waals surface area contributed by atoms with Gasteiger partial charge in [0.1, 0.15) is 0 Å². The van der Waals surface area contributed by atoms with Gasteiger partial charge in [-0.1, -0.05) is 69.2 Å². The molecule has 3 nitrogen and oxygen atoms in total. The van der Waals surface area contributed by atoms with E-state index in [0.29, 0.717) is 4.90 Å². The zero-order chi connectivity index (χ0) is 17.9. The molecule has 2 aromatic rings. The lowest BCUT2D eigenvalue weighted by molar-refractivity contribution is 0.295. The fourth-order valence-corrected chi connectivity index (χ4v) is 5.86. The molecule has 0 saturated heterocycles. The van der Waals surface area contributed by atoms with E-state index in [2.05, 4.69) is 37.4 Å². The first kappa shape index (κ1) is 18.2. The highest BCUT2D eigenvalue weighted by Crippen LogP contribution is 2.37. The van der Waals surface area contributed by atoms with Crippen molar-refractivity contribution in [3.8, 4) is 0 Å². The van der Waals surface area contributed by atoms with Gasteiger partial charge in [-0.25, -0.2) is 8.42 Å². The van der Waals surface area contributed by atoms with Gasteiger partial charge in [-0.3, -0.25) is 5.32 Å². The molecule has 0 aromatic heterocycles. The van der Waals surface area contributed by atoms with E-state index < -0.39 is 15.4 Å². The van der Waals surface area contributed by atoms with Crippen LogP contribution in [-0.4, -0.2) is 19.7 Å². The van der Waals surface area contributed by atoms with Gasteiger partial charge in [0, 0.05) is 5.54 Å². The Hall–Kier alpha value is -1.65. The van der Waals surface area contributed by atoms with Crippen LogP contribution in [0.2, 0.25) is 0 Å². The minimum Gasteiger partial charge on any atom is -0.300 e. The summed E-state index contributed by atoms with van der Waals surface area (Å²) in [5.41, 5.74) is 1.52. The van der Waals surface area contributed by atoms with E-state index in [0.717, 1.165) is 36.8 Å². The fourth-order valence-electron chi connectivity index (χ4n) is 3.75. The van der Waals surface area contributed by atoms with Gasteiger partial charge in [0.05, 0.1) is 16.7 Å². The van der Waals surface area contributed by atoms with Gasteiger partial charge in [0.15, 0.2) is 9.84 Å². The second kappa shape index (κ2) is 7.30. The maximum atomic E-state index is 13.1. The van der Waals surface area contributed by atoms with Crippen LogP contribution in [0.3, 0.4) is 0 Å². The third-order valence-corrected chi connectivity index (χ3v) is 7.20. The summed E-state index contributed by atoms with van der Waals surface area (Å²) in [6, 6.07) is 18.3. The topological polar surface area (TPSA) is 46.2 Å². The van der Waals surface area contributed by atoms with Crippen molar-refractivity contribution in [2.45, 2.75) is 56.0 Å². The average molecular weight is 357 g/mol. The van der Waals surface area contributed by atoms with E-state index in [9.17, 15) is 8.42 Å². The molecule has 0 saturated carbocycles. The summed E-state index contributed by atoms with van der Waals surface area (Å²) in [7, 11) is -3.36. The van der Waals surface area contributed by atoms with Crippen molar-refractivity contribution in [2.24, 2.45) is 0 Å². The summed E-state index contributed by atoms with van der Waals surface area (Å²) in [6.07, 6.45) is 3.72. The average Bonchev–Trinajstić information content (AvgIpc) is 2.74. The molecule has 1 heterocycles. The molecule has 0 aliphatic carbocycles. The van der Waals surface area contributed by atoms with Gasteiger partial charge in [0.2, 0.25) is 0 Å². The van der Waals surface area contributed by atoms with Crippen LogP contribution in [0.25, 0.3) is 0 Å². The highest BCUT2D eigenvalue weighted by Gasteiger charge is 2.41. The number of nitrogens with one attached hydrogen (secondary N) is 1. The van der Waals surface area contributed by atoms with E-state index in [4.69, 9.17) is 0 Å². The molecule has 4 heteroatoms. The molecule has 1 aliphatic heterocycles. The molecular formula is C21H26NO2S. The Bertz CT molecular complexity index is 817. The number of rotatable bonds is 5. The largest absolute Gasteiger partial charge is 0.300 e. The van der Waals surface area contributed by atoms with Crippen molar-refractivity contribution >= 4 is 9.84 Å². The minimum absolute atomic E-state index is 0.125. The van der Waals surface area contributed by atoms with Gasteiger partial charge in [0.25, 0.3) is 0 Å². The summed E-state index contributed by atoms with van der Waals surface area (Å²) in [5.74, 6) is 0.144. The van der Waals surface area contributed by atoms with Crippen LogP contribution in [0.4, 0.5) is 0 Å². The highest BCUT2D eigenvalue weighted by atomic mass is 32.2. The number of hydrogen-bond donors (Lipinski definition) is 1. The third kappa shape index (κ3) is 3.65. The zero-order valence-corrected chi connectivity index (χ0v) is 15.8. The molecule has 1 radical (unpaired) electrons. The molecule has 2 aromatic carbocycles. The van der Waals surface area contributed by atoms with Gasteiger partial charge in [-0.15, -0.1) is 0 Å². The number of sulfone groups is 1. The molecule has 1 aliphatic rings. The van der Waals surface area contributed by atoms with E-state index in [1.807, 2.05) is 24.3 Å². The SMILES string of the molecule is CCCC[C@]1(CC)CS(=O)(=O)c2c[c]ccc2[C@@H](c2ccccc2)N1. The number of benzene rings is 2. The lowest BCUT2D eigenvalue weighted by Crippen LogP contribution is -2.50. The Kier molecular flexibility index (Phi) is 5.30. The standard InChI is InChI=1S/C21H26NO2S/c1-3-5-15-21(4-2)16-25(23,24)19-14-10-9-13-18(19)20(22-21)17-11-7-6-8-12-17/h6-9,11-14,20,22H,3-5,15-16H2,1-2H3/t20-,21-/m1/s1. The van der Waals surface area contributed by atoms with Crippen molar-refractivity contribution < 1.29 is 8.42 Å². The molecule has 0 amide bonds. The molecule has 1 N–H and O–H groups in total. The first-order chi connectivity index (χ1) is 12.0. The van der Waals surface area contributed by atoms with E-state index >= 15 is 0 Å². The Labute approximate surface area is 151 Å². The van der Waals surface area contributed by atoms with Crippen molar-refractivity contribution in [3.05, 3.63) is 65.7 Å². The molecule has 25 heavy (non-hydrogen) atoms. The first-order valence-corrected chi connectivity index (χ1v) is 10.7. The van der Waals surface area contributed by atoms with Crippen molar-refractivity contribution in [1.82, 2.24) is 5.32 Å². The molecule has 0 bridgehead atoms. The van der Waals surface area contributed by atoms with Crippen LogP contribution >= 0.6 is 0 Å². The normalized spacial score (nSPS) is 25.1. The van der Waals surface area contributed by atoms with Gasteiger partial charge in [-0.2, -0.15) is 0 Å². The Morgan fingerprint density at radius 1 is 1.20 bits per heavy atom. The second-order valence-electron chi connectivity index (χ2n) is 6.95. The number of unbranched alkanes of at least 4 members (excludes halogenated alkanes) is 1. The quantitative estimate of drug-likeness (QED) is 0.869. The Morgan fingerprint density at radius 2 is 1.96 bits per heavy atom. The van der Waals surface area contributed by atoms with Crippen LogP contribution in [0, 0.1) is 6.07 Å². The summed E-state index contributed by atoms with van der Waals surface area (Å²) >= 11 is 0. The van der Waals surface area contributed by atoms with Crippen molar-refractivity contribution in [3.63, 3.8) is 0 Å². The maximum Gasteiger partial charge on any atom is 0.180 e. The second-order valence-corrected chi connectivity index (χ2v) is 8.91. The van der Waals surface area contributed by atoms with Crippen LogP contribution in [-0.2, 0) is 9.84 Å². The number of hydrogen-bond acceptors (Lipinski definition) is 3.